The van der Waals surface area contributed by atoms with Gasteiger partial charge in [0.05, 0.1) is 0 Å². The summed E-state index contributed by atoms with van der Waals surface area (Å²) >= 11 is 0. The molecule has 3 heterocycles. The number of aryl methyl sites for hydroxylation is 2. The average Bonchev–Trinajstić information content (AvgIpc) is 3.43. The molecule has 0 unspecified atom stereocenters. The van der Waals surface area contributed by atoms with Gasteiger partial charge in [0.1, 0.15) is 17.0 Å². The van der Waals surface area contributed by atoms with E-state index in [4.69, 9.17) is 4.98 Å². The van der Waals surface area contributed by atoms with Crippen molar-refractivity contribution in [2.45, 2.75) is 26.7 Å². The lowest BCUT2D eigenvalue weighted by molar-refractivity contribution is 0.102. The average molecular weight is 411 g/mol. The summed E-state index contributed by atoms with van der Waals surface area (Å²) < 4.78 is 1.89. The van der Waals surface area contributed by atoms with Gasteiger partial charge in [-0.3, -0.25) is 9.20 Å². The SMILES string of the molecule is Cc1ccc(-c2nc3ccc(C)cn3c2C(=O)Nc2ccc(N3CCCC3)cc2)cc1. The molecule has 1 fully saturated rings. The lowest BCUT2D eigenvalue weighted by Crippen LogP contribution is -2.18. The summed E-state index contributed by atoms with van der Waals surface area (Å²) in [6.07, 6.45) is 4.45. The first-order valence-corrected chi connectivity index (χ1v) is 10.8. The fraction of sp³-hybridized carbons (Fsp3) is 0.231. The molecule has 0 saturated carbocycles. The van der Waals surface area contributed by atoms with E-state index in [0.717, 1.165) is 35.6 Å². The monoisotopic (exact) mass is 410 g/mol. The molecule has 5 nitrogen and oxygen atoms in total. The predicted octanol–water partition coefficient (Wildman–Crippen LogP) is 5.47. The summed E-state index contributed by atoms with van der Waals surface area (Å²) in [6, 6.07) is 20.2. The first kappa shape index (κ1) is 19.4. The molecule has 0 spiro atoms. The van der Waals surface area contributed by atoms with E-state index in [0.29, 0.717) is 11.4 Å². The van der Waals surface area contributed by atoms with E-state index in [9.17, 15) is 4.79 Å². The molecule has 5 heteroatoms. The number of hydrogen-bond donors (Lipinski definition) is 1. The number of rotatable bonds is 4. The number of nitrogens with zero attached hydrogens (tertiary/aromatic N) is 3. The first-order chi connectivity index (χ1) is 15.1. The van der Waals surface area contributed by atoms with Crippen molar-refractivity contribution in [3.05, 3.63) is 83.7 Å². The molecule has 4 aromatic rings. The summed E-state index contributed by atoms with van der Waals surface area (Å²) in [6.45, 7) is 6.28. The highest BCUT2D eigenvalue weighted by atomic mass is 16.2. The van der Waals surface area contributed by atoms with E-state index < -0.39 is 0 Å². The Hall–Kier alpha value is -3.60. The van der Waals surface area contributed by atoms with Gasteiger partial charge in [-0.15, -0.1) is 0 Å². The van der Waals surface area contributed by atoms with Gasteiger partial charge >= 0.3 is 0 Å². The fourth-order valence-corrected chi connectivity index (χ4v) is 4.20. The Labute approximate surface area is 182 Å². The van der Waals surface area contributed by atoms with Crippen molar-refractivity contribution in [2.75, 3.05) is 23.3 Å². The van der Waals surface area contributed by atoms with Gasteiger partial charge in [-0.05, 0) is 62.6 Å². The van der Waals surface area contributed by atoms with Crippen LogP contribution >= 0.6 is 0 Å². The third-order valence-corrected chi connectivity index (χ3v) is 5.90. The summed E-state index contributed by atoms with van der Waals surface area (Å²) in [4.78, 5) is 20.6. The number of amides is 1. The number of carbonyl (C=O) groups is 1. The Kier molecular flexibility index (Phi) is 4.94. The quantitative estimate of drug-likeness (QED) is 0.485. The van der Waals surface area contributed by atoms with Crippen LogP contribution in [0.1, 0.15) is 34.5 Å². The maximum atomic E-state index is 13.4. The molecule has 156 valence electrons. The van der Waals surface area contributed by atoms with E-state index in [1.54, 1.807) is 0 Å². The second kappa shape index (κ2) is 7.91. The molecule has 2 aromatic heterocycles. The van der Waals surface area contributed by atoms with Crippen molar-refractivity contribution >= 4 is 22.9 Å². The lowest BCUT2D eigenvalue weighted by Gasteiger charge is -2.17. The van der Waals surface area contributed by atoms with Crippen molar-refractivity contribution < 1.29 is 4.79 Å². The molecular weight excluding hydrogens is 384 g/mol. The maximum absolute atomic E-state index is 13.4. The van der Waals surface area contributed by atoms with Crippen molar-refractivity contribution in [3.63, 3.8) is 0 Å². The van der Waals surface area contributed by atoms with E-state index in [-0.39, 0.29) is 5.91 Å². The van der Waals surface area contributed by atoms with Gasteiger partial charge in [-0.1, -0.05) is 35.9 Å². The van der Waals surface area contributed by atoms with Crippen LogP contribution in [0.4, 0.5) is 11.4 Å². The molecule has 2 aromatic carbocycles. The summed E-state index contributed by atoms with van der Waals surface area (Å²) in [7, 11) is 0. The number of benzene rings is 2. The van der Waals surface area contributed by atoms with Gasteiger partial charge < -0.3 is 10.2 Å². The van der Waals surface area contributed by atoms with E-state index in [1.165, 1.54) is 24.1 Å². The minimum absolute atomic E-state index is 0.164. The van der Waals surface area contributed by atoms with Crippen molar-refractivity contribution in [1.82, 2.24) is 9.38 Å². The van der Waals surface area contributed by atoms with Crippen LogP contribution in [0.15, 0.2) is 66.9 Å². The lowest BCUT2D eigenvalue weighted by atomic mass is 10.1. The smallest absolute Gasteiger partial charge is 0.274 e. The molecule has 31 heavy (non-hydrogen) atoms. The summed E-state index contributed by atoms with van der Waals surface area (Å²) in [5, 5.41) is 3.08. The largest absolute Gasteiger partial charge is 0.372 e. The van der Waals surface area contributed by atoms with Gasteiger partial charge in [0, 0.05) is 36.2 Å². The van der Waals surface area contributed by atoms with Gasteiger partial charge in [-0.2, -0.15) is 0 Å². The molecule has 0 aliphatic carbocycles. The van der Waals surface area contributed by atoms with E-state index >= 15 is 0 Å². The second-order valence-corrected chi connectivity index (χ2v) is 8.30. The van der Waals surface area contributed by atoms with Gasteiger partial charge in [-0.25, -0.2) is 4.98 Å². The summed E-state index contributed by atoms with van der Waals surface area (Å²) in [5.41, 5.74) is 7.17. The zero-order valence-corrected chi connectivity index (χ0v) is 17.9. The van der Waals surface area contributed by atoms with Crippen molar-refractivity contribution in [1.29, 1.82) is 0 Å². The zero-order valence-electron chi connectivity index (χ0n) is 17.9. The Bertz CT molecular complexity index is 1230. The Morgan fingerprint density at radius 1 is 0.871 bits per heavy atom. The highest BCUT2D eigenvalue weighted by molar-refractivity contribution is 6.07. The maximum Gasteiger partial charge on any atom is 0.274 e. The minimum Gasteiger partial charge on any atom is -0.372 e. The molecule has 1 aliphatic rings. The molecule has 1 amide bonds. The number of nitrogens with one attached hydrogen (secondary N) is 1. The molecule has 5 rings (SSSR count). The number of carbonyl (C=O) groups excluding carboxylic acids is 1. The Balaban J connectivity index is 1.50. The number of anilines is 2. The molecule has 0 bridgehead atoms. The highest BCUT2D eigenvalue weighted by Gasteiger charge is 2.21. The van der Waals surface area contributed by atoms with Gasteiger partial charge in [0.2, 0.25) is 0 Å². The second-order valence-electron chi connectivity index (χ2n) is 8.30. The van der Waals surface area contributed by atoms with E-state index in [1.807, 2.05) is 66.1 Å². The molecule has 0 radical (unpaired) electrons. The van der Waals surface area contributed by atoms with Crippen LogP contribution < -0.4 is 10.2 Å². The minimum atomic E-state index is -0.164. The first-order valence-electron chi connectivity index (χ1n) is 10.8. The Morgan fingerprint density at radius 2 is 1.55 bits per heavy atom. The van der Waals surface area contributed by atoms with Crippen molar-refractivity contribution in [3.8, 4) is 11.3 Å². The molecule has 1 aliphatic heterocycles. The number of aromatic nitrogens is 2. The predicted molar refractivity (Wildman–Crippen MR) is 126 cm³/mol. The molecular formula is C26H26N4O. The van der Waals surface area contributed by atoms with Crippen LogP contribution in [0.2, 0.25) is 0 Å². The van der Waals surface area contributed by atoms with Crippen molar-refractivity contribution in [2.24, 2.45) is 0 Å². The number of imidazole rings is 1. The number of pyridine rings is 1. The normalized spacial score (nSPS) is 13.7. The fourth-order valence-electron chi connectivity index (χ4n) is 4.20. The Morgan fingerprint density at radius 3 is 2.26 bits per heavy atom. The highest BCUT2D eigenvalue weighted by Crippen LogP contribution is 2.27. The topological polar surface area (TPSA) is 49.6 Å². The number of fused-ring (bicyclic) bond motifs is 1. The van der Waals surface area contributed by atoms with Crippen LogP contribution in [0.25, 0.3) is 16.9 Å². The van der Waals surface area contributed by atoms with Crippen LogP contribution in [-0.4, -0.2) is 28.4 Å². The molecule has 1 saturated heterocycles. The summed E-state index contributed by atoms with van der Waals surface area (Å²) in [5.74, 6) is -0.164. The molecule has 1 N–H and O–H groups in total. The zero-order chi connectivity index (χ0) is 21.4. The third kappa shape index (κ3) is 3.79. The van der Waals surface area contributed by atoms with Crippen LogP contribution in [-0.2, 0) is 0 Å². The molecule has 0 atom stereocenters. The van der Waals surface area contributed by atoms with Crippen LogP contribution in [0, 0.1) is 13.8 Å². The van der Waals surface area contributed by atoms with Gasteiger partial charge in [0.15, 0.2) is 0 Å². The van der Waals surface area contributed by atoms with Gasteiger partial charge in [0.25, 0.3) is 5.91 Å². The standard InChI is InChI=1S/C26H26N4O/c1-18-5-8-20(9-6-18)24-25(30-17-19(2)7-14-23(30)28-24)26(31)27-21-10-12-22(13-11-21)29-15-3-4-16-29/h5-14,17H,3-4,15-16H2,1-2H3,(H,27,31). The van der Waals surface area contributed by atoms with E-state index in [2.05, 4.69) is 29.3 Å². The van der Waals surface area contributed by atoms with Crippen LogP contribution in [0.5, 0.6) is 0 Å². The third-order valence-electron chi connectivity index (χ3n) is 5.90. The van der Waals surface area contributed by atoms with Crippen LogP contribution in [0.3, 0.4) is 0 Å². The number of hydrogen-bond acceptors (Lipinski definition) is 3.